The molecule has 2 atom stereocenters. The SMILES string of the molecule is CC(C)(C)C(OC(=O)C(F)(F)F)C1CCCN(CCCC(C)(C)S(=O)(=O)c2ccccc2)C1. The Morgan fingerprint density at radius 2 is 1.73 bits per heavy atom. The molecule has 5 nitrogen and oxygen atoms in total. The predicted molar refractivity (Wildman–Crippen MR) is 121 cm³/mol. The van der Waals surface area contributed by atoms with Gasteiger partial charge in [-0.05, 0) is 70.2 Å². The third-order valence-electron chi connectivity index (χ3n) is 6.32. The summed E-state index contributed by atoms with van der Waals surface area (Å²) in [6.45, 7) is 10.7. The Morgan fingerprint density at radius 1 is 1.12 bits per heavy atom. The first kappa shape index (κ1) is 27.6. The van der Waals surface area contributed by atoms with Gasteiger partial charge in [0.25, 0.3) is 0 Å². The molecule has 9 heteroatoms. The van der Waals surface area contributed by atoms with Crippen molar-refractivity contribution in [2.24, 2.45) is 11.3 Å². The molecule has 0 saturated carbocycles. The van der Waals surface area contributed by atoms with E-state index in [2.05, 4.69) is 4.90 Å². The van der Waals surface area contributed by atoms with Gasteiger partial charge in [0.15, 0.2) is 9.84 Å². The number of hydrogen-bond acceptors (Lipinski definition) is 5. The summed E-state index contributed by atoms with van der Waals surface area (Å²) in [5.41, 5.74) is -0.639. The van der Waals surface area contributed by atoms with E-state index in [4.69, 9.17) is 4.74 Å². The van der Waals surface area contributed by atoms with Crippen molar-refractivity contribution in [3.8, 4) is 0 Å². The molecule has 1 aliphatic rings. The highest BCUT2D eigenvalue weighted by Crippen LogP contribution is 2.35. The molecule has 0 N–H and O–H groups in total. The zero-order valence-corrected chi connectivity index (χ0v) is 20.9. The van der Waals surface area contributed by atoms with Gasteiger partial charge in [0.05, 0.1) is 9.64 Å². The van der Waals surface area contributed by atoms with Crippen LogP contribution in [0.3, 0.4) is 0 Å². The van der Waals surface area contributed by atoms with Gasteiger partial charge in [-0.2, -0.15) is 13.2 Å². The fourth-order valence-corrected chi connectivity index (χ4v) is 6.05. The lowest BCUT2D eigenvalue weighted by molar-refractivity contribution is -0.213. The Bertz CT molecular complexity index is 893. The standard InChI is InChI=1S/C24H36F3NO4S/c1-22(2,3)20(32-21(29)24(25,26)27)18-11-9-15-28(17-18)16-10-14-23(4,5)33(30,31)19-12-7-6-8-13-19/h6-8,12-13,18,20H,9-11,14-17H2,1-5H3. The molecular weight excluding hydrogens is 455 g/mol. The molecule has 0 spiro atoms. The summed E-state index contributed by atoms with van der Waals surface area (Å²) in [6.07, 6.45) is -3.33. The van der Waals surface area contributed by atoms with Crippen molar-refractivity contribution in [1.82, 2.24) is 4.90 Å². The Labute approximate surface area is 195 Å². The maximum Gasteiger partial charge on any atom is 0.490 e. The van der Waals surface area contributed by atoms with Gasteiger partial charge in [0, 0.05) is 12.5 Å². The summed E-state index contributed by atoms with van der Waals surface area (Å²) < 4.78 is 68.5. The van der Waals surface area contributed by atoms with E-state index in [-0.39, 0.29) is 5.92 Å². The second-order valence-electron chi connectivity index (χ2n) is 10.6. The number of nitrogens with zero attached hydrogens (tertiary/aromatic N) is 1. The second-order valence-corrected chi connectivity index (χ2v) is 13.2. The van der Waals surface area contributed by atoms with E-state index in [0.29, 0.717) is 37.2 Å². The van der Waals surface area contributed by atoms with Gasteiger partial charge in [-0.3, -0.25) is 0 Å². The average molecular weight is 492 g/mol. The van der Waals surface area contributed by atoms with Crippen LogP contribution in [0.4, 0.5) is 13.2 Å². The van der Waals surface area contributed by atoms with Crippen LogP contribution in [0.15, 0.2) is 35.2 Å². The summed E-state index contributed by atoms with van der Waals surface area (Å²) in [6, 6.07) is 8.38. The lowest BCUT2D eigenvalue weighted by atomic mass is 9.77. The van der Waals surface area contributed by atoms with Crippen molar-refractivity contribution < 1.29 is 31.1 Å². The fourth-order valence-electron chi connectivity index (χ4n) is 4.49. The Morgan fingerprint density at radius 3 is 2.27 bits per heavy atom. The molecule has 0 aromatic heterocycles. The maximum atomic E-state index is 13.0. The maximum absolute atomic E-state index is 13.0. The van der Waals surface area contributed by atoms with Crippen molar-refractivity contribution in [2.45, 2.75) is 82.2 Å². The van der Waals surface area contributed by atoms with Crippen molar-refractivity contribution in [2.75, 3.05) is 19.6 Å². The molecule has 0 radical (unpaired) electrons. The lowest BCUT2D eigenvalue weighted by Crippen LogP contribution is -2.48. The smallest absolute Gasteiger partial charge is 0.455 e. The van der Waals surface area contributed by atoms with Gasteiger partial charge < -0.3 is 9.64 Å². The number of alkyl halides is 3. The molecule has 1 aromatic carbocycles. The minimum Gasteiger partial charge on any atom is -0.455 e. The normalized spacial score (nSPS) is 19.8. The summed E-state index contributed by atoms with van der Waals surface area (Å²) in [7, 11) is -3.50. The molecule has 1 saturated heterocycles. The highest BCUT2D eigenvalue weighted by atomic mass is 32.2. The Kier molecular flexibility index (Phi) is 8.66. The van der Waals surface area contributed by atoms with Crippen molar-refractivity contribution in [3.63, 3.8) is 0 Å². The number of carbonyl (C=O) groups excluding carboxylic acids is 1. The van der Waals surface area contributed by atoms with E-state index in [1.54, 1.807) is 65.0 Å². The largest absolute Gasteiger partial charge is 0.490 e. The number of sulfone groups is 1. The number of ether oxygens (including phenoxy) is 1. The van der Waals surface area contributed by atoms with Crippen molar-refractivity contribution in [1.29, 1.82) is 0 Å². The second kappa shape index (κ2) is 10.3. The van der Waals surface area contributed by atoms with Gasteiger partial charge in [0.2, 0.25) is 0 Å². The molecular formula is C24H36F3NO4S. The molecule has 1 aromatic rings. The third kappa shape index (κ3) is 7.18. The van der Waals surface area contributed by atoms with E-state index >= 15 is 0 Å². The zero-order chi connectivity index (χ0) is 25.1. The van der Waals surface area contributed by atoms with Crippen LogP contribution >= 0.6 is 0 Å². The molecule has 2 rings (SSSR count). The summed E-state index contributed by atoms with van der Waals surface area (Å²) >= 11 is 0. The topological polar surface area (TPSA) is 63.7 Å². The number of benzene rings is 1. The van der Waals surface area contributed by atoms with Crippen molar-refractivity contribution >= 4 is 15.8 Å². The van der Waals surface area contributed by atoms with Crippen LogP contribution < -0.4 is 0 Å². The van der Waals surface area contributed by atoms with Crippen LogP contribution in [-0.2, 0) is 19.4 Å². The van der Waals surface area contributed by atoms with E-state index < -0.39 is 38.2 Å². The Hall–Kier alpha value is -1.61. The fraction of sp³-hybridized carbons (Fsp3) is 0.708. The number of piperidine rings is 1. The third-order valence-corrected chi connectivity index (χ3v) is 8.88. The van der Waals surface area contributed by atoms with Crippen LogP contribution in [0.5, 0.6) is 0 Å². The van der Waals surface area contributed by atoms with E-state index in [1.807, 2.05) is 0 Å². The predicted octanol–water partition coefficient (Wildman–Crippen LogP) is 5.25. The highest BCUT2D eigenvalue weighted by molar-refractivity contribution is 7.92. The number of halogens is 3. The molecule has 1 heterocycles. The van der Waals surface area contributed by atoms with Crippen LogP contribution in [0.2, 0.25) is 0 Å². The van der Waals surface area contributed by atoms with Gasteiger partial charge in [0.1, 0.15) is 6.10 Å². The summed E-state index contributed by atoms with van der Waals surface area (Å²) in [5.74, 6) is -2.36. The highest BCUT2D eigenvalue weighted by Gasteiger charge is 2.46. The molecule has 2 unspecified atom stereocenters. The minimum atomic E-state index is -5.02. The van der Waals surface area contributed by atoms with Crippen LogP contribution in [0.25, 0.3) is 0 Å². The van der Waals surface area contributed by atoms with Crippen molar-refractivity contribution in [3.05, 3.63) is 30.3 Å². The van der Waals surface area contributed by atoms with Gasteiger partial charge in [-0.25, -0.2) is 13.2 Å². The number of hydrogen-bond donors (Lipinski definition) is 0. The van der Waals surface area contributed by atoms with E-state index in [0.717, 1.165) is 13.0 Å². The van der Waals surface area contributed by atoms with Gasteiger partial charge in [-0.15, -0.1) is 0 Å². The molecule has 0 amide bonds. The monoisotopic (exact) mass is 491 g/mol. The molecule has 1 fully saturated rings. The number of rotatable bonds is 8. The number of carbonyl (C=O) groups is 1. The average Bonchev–Trinajstić information content (AvgIpc) is 2.70. The lowest BCUT2D eigenvalue weighted by Gasteiger charge is -2.42. The summed E-state index contributed by atoms with van der Waals surface area (Å²) in [4.78, 5) is 14.0. The number of likely N-dealkylation sites (tertiary alicyclic amines) is 1. The van der Waals surface area contributed by atoms with Crippen LogP contribution in [-0.4, -0.2) is 55.9 Å². The van der Waals surface area contributed by atoms with E-state index in [9.17, 15) is 26.4 Å². The quantitative estimate of drug-likeness (QED) is 0.465. The van der Waals surface area contributed by atoms with Crippen LogP contribution in [0.1, 0.15) is 60.3 Å². The molecule has 188 valence electrons. The molecule has 1 aliphatic heterocycles. The van der Waals surface area contributed by atoms with E-state index in [1.165, 1.54) is 0 Å². The molecule has 0 aliphatic carbocycles. The number of esters is 1. The molecule has 33 heavy (non-hydrogen) atoms. The molecule has 0 bridgehead atoms. The first-order chi connectivity index (χ1) is 15.1. The van der Waals surface area contributed by atoms with Gasteiger partial charge in [-0.1, -0.05) is 39.0 Å². The zero-order valence-electron chi connectivity index (χ0n) is 20.1. The minimum absolute atomic E-state index is 0.217. The first-order valence-electron chi connectivity index (χ1n) is 11.4. The van der Waals surface area contributed by atoms with Gasteiger partial charge >= 0.3 is 12.1 Å². The first-order valence-corrected chi connectivity index (χ1v) is 12.8. The summed E-state index contributed by atoms with van der Waals surface area (Å²) in [5, 5.41) is 0. The van der Waals surface area contributed by atoms with Crippen LogP contribution in [0, 0.1) is 11.3 Å². The Balaban J connectivity index is 2.00.